The summed E-state index contributed by atoms with van der Waals surface area (Å²) in [6, 6.07) is 2.65. The Morgan fingerprint density at radius 3 is 3.08 bits per heavy atom. The smallest absolute Gasteiger partial charge is 0.165 e. The first-order valence-electron chi connectivity index (χ1n) is 3.57. The maximum atomic E-state index is 12.9. The summed E-state index contributed by atoms with van der Waals surface area (Å²) in [5.74, 6) is 2.23. The van der Waals surface area contributed by atoms with Crippen LogP contribution >= 0.6 is 0 Å². The molecule has 1 aromatic heterocycles. The number of halogens is 1. The first-order chi connectivity index (χ1) is 5.74. The fraction of sp³-hybridized carbons (Fsp3) is 0.222. The molecule has 0 aliphatic heterocycles. The summed E-state index contributed by atoms with van der Waals surface area (Å²) < 4.78 is 12.9. The minimum absolute atomic E-state index is 0.197. The maximum Gasteiger partial charge on any atom is 0.165 e. The molecule has 62 valence electrons. The van der Waals surface area contributed by atoms with Gasteiger partial charge in [-0.25, -0.2) is 9.37 Å². The Bertz CT molecular complexity index is 304. The van der Waals surface area contributed by atoms with Crippen LogP contribution in [0, 0.1) is 18.2 Å². The van der Waals surface area contributed by atoms with E-state index in [0.717, 1.165) is 0 Å². The highest BCUT2D eigenvalue weighted by Crippen LogP contribution is 2.08. The largest absolute Gasteiger partial charge is 0.354 e. The second-order valence-electron chi connectivity index (χ2n) is 2.37. The van der Waals surface area contributed by atoms with Crippen molar-refractivity contribution in [2.24, 2.45) is 0 Å². The van der Waals surface area contributed by atoms with E-state index in [9.17, 15) is 4.39 Å². The predicted octanol–water partition coefficient (Wildman–Crippen LogP) is 1.65. The number of aromatic nitrogens is 1. The molecular formula is C9H9FN2. The quantitative estimate of drug-likeness (QED) is 0.672. The first kappa shape index (κ1) is 8.54. The molecule has 0 aliphatic carbocycles. The Balaban J connectivity index is 2.77. The van der Waals surface area contributed by atoms with Gasteiger partial charge >= 0.3 is 0 Å². The molecule has 0 fully saturated rings. The van der Waals surface area contributed by atoms with Crippen LogP contribution < -0.4 is 5.32 Å². The lowest BCUT2D eigenvalue weighted by Crippen LogP contribution is -2.14. The third-order valence-corrected chi connectivity index (χ3v) is 1.36. The molecule has 1 atom stereocenters. The van der Waals surface area contributed by atoms with Crippen LogP contribution in [0.5, 0.6) is 0 Å². The number of hydrogen-bond acceptors (Lipinski definition) is 2. The van der Waals surface area contributed by atoms with Gasteiger partial charge in [0.1, 0.15) is 0 Å². The molecule has 0 spiro atoms. The van der Waals surface area contributed by atoms with Crippen molar-refractivity contribution < 1.29 is 4.39 Å². The molecule has 0 saturated carbocycles. The van der Waals surface area contributed by atoms with E-state index < -0.39 is 0 Å². The summed E-state index contributed by atoms with van der Waals surface area (Å²) in [5, 5.41) is 2.74. The van der Waals surface area contributed by atoms with Gasteiger partial charge in [0.2, 0.25) is 0 Å². The molecule has 12 heavy (non-hydrogen) atoms. The summed E-state index contributed by atoms with van der Waals surface area (Å²) in [5.41, 5.74) is 0. The van der Waals surface area contributed by atoms with Gasteiger partial charge in [0.05, 0.1) is 6.04 Å². The molecule has 0 bridgehead atoms. The van der Waals surface area contributed by atoms with Gasteiger partial charge in [-0.2, -0.15) is 0 Å². The lowest BCUT2D eigenvalue weighted by molar-refractivity contribution is 0.623. The van der Waals surface area contributed by atoms with Crippen LogP contribution in [0.3, 0.4) is 0 Å². The van der Waals surface area contributed by atoms with Crippen LogP contribution in [0.4, 0.5) is 10.2 Å². The highest BCUT2D eigenvalue weighted by Gasteiger charge is 2.03. The minimum atomic E-state index is -0.389. The fourth-order valence-corrected chi connectivity index (χ4v) is 0.739. The lowest BCUT2D eigenvalue weighted by Gasteiger charge is -2.07. The third-order valence-electron chi connectivity index (χ3n) is 1.36. The van der Waals surface area contributed by atoms with E-state index in [1.54, 1.807) is 6.92 Å². The maximum absolute atomic E-state index is 12.9. The number of nitrogens with zero attached hydrogens (tertiary/aromatic N) is 1. The molecule has 0 aliphatic rings. The lowest BCUT2D eigenvalue weighted by atomic mass is 10.3. The van der Waals surface area contributed by atoms with Crippen molar-refractivity contribution in [3.8, 4) is 12.3 Å². The van der Waals surface area contributed by atoms with Gasteiger partial charge in [-0.15, -0.1) is 6.42 Å². The summed E-state index contributed by atoms with van der Waals surface area (Å²) >= 11 is 0. The van der Waals surface area contributed by atoms with Gasteiger partial charge in [0.25, 0.3) is 0 Å². The van der Waals surface area contributed by atoms with E-state index in [1.165, 1.54) is 18.3 Å². The highest BCUT2D eigenvalue weighted by molar-refractivity contribution is 5.38. The van der Waals surface area contributed by atoms with Gasteiger partial charge < -0.3 is 5.32 Å². The highest BCUT2D eigenvalue weighted by atomic mass is 19.1. The van der Waals surface area contributed by atoms with E-state index in [1.807, 2.05) is 0 Å². The van der Waals surface area contributed by atoms with Gasteiger partial charge in [0.15, 0.2) is 11.6 Å². The molecule has 1 rings (SSSR count). The fourth-order valence-electron chi connectivity index (χ4n) is 0.739. The Labute approximate surface area is 70.8 Å². The Morgan fingerprint density at radius 1 is 1.75 bits per heavy atom. The van der Waals surface area contributed by atoms with Crippen LogP contribution in [0.2, 0.25) is 0 Å². The number of nitrogens with one attached hydrogen (secondary N) is 1. The minimum Gasteiger partial charge on any atom is -0.354 e. The Hall–Kier alpha value is -1.56. The Morgan fingerprint density at radius 2 is 2.50 bits per heavy atom. The summed E-state index contributed by atoms with van der Waals surface area (Å²) in [7, 11) is 0. The van der Waals surface area contributed by atoms with Crippen LogP contribution in [0.25, 0.3) is 0 Å². The van der Waals surface area contributed by atoms with Crippen molar-refractivity contribution in [3.63, 3.8) is 0 Å². The summed E-state index contributed by atoms with van der Waals surface area (Å²) in [6.07, 6.45) is 6.62. The van der Waals surface area contributed by atoms with Crippen LogP contribution in [-0.2, 0) is 0 Å². The average molecular weight is 164 g/mol. The second-order valence-corrected chi connectivity index (χ2v) is 2.37. The monoisotopic (exact) mass is 164 g/mol. The number of hydrogen-bond donors (Lipinski definition) is 1. The van der Waals surface area contributed by atoms with Crippen molar-refractivity contribution >= 4 is 5.82 Å². The number of rotatable bonds is 2. The van der Waals surface area contributed by atoms with Crippen molar-refractivity contribution in [2.45, 2.75) is 13.0 Å². The van der Waals surface area contributed by atoms with E-state index >= 15 is 0 Å². The van der Waals surface area contributed by atoms with Crippen molar-refractivity contribution in [2.75, 3.05) is 5.32 Å². The number of pyridine rings is 1. The molecule has 1 aromatic rings. The number of anilines is 1. The predicted molar refractivity (Wildman–Crippen MR) is 46.1 cm³/mol. The molecule has 3 heteroatoms. The van der Waals surface area contributed by atoms with E-state index in [0.29, 0.717) is 0 Å². The Kier molecular flexibility index (Phi) is 2.65. The molecule has 0 aromatic carbocycles. The molecule has 2 nitrogen and oxygen atoms in total. The molecule has 1 unspecified atom stereocenters. The zero-order valence-corrected chi connectivity index (χ0v) is 6.71. The second kappa shape index (κ2) is 3.72. The molecule has 1 N–H and O–H groups in total. The van der Waals surface area contributed by atoms with Gasteiger partial charge in [-0.3, -0.25) is 0 Å². The van der Waals surface area contributed by atoms with Crippen molar-refractivity contribution in [1.29, 1.82) is 0 Å². The first-order valence-corrected chi connectivity index (χ1v) is 3.57. The zero-order chi connectivity index (χ0) is 8.97. The normalized spacial score (nSPS) is 11.8. The van der Waals surface area contributed by atoms with Crippen molar-refractivity contribution in [3.05, 3.63) is 24.1 Å². The number of terminal acetylenes is 1. The standard InChI is InChI=1S/C9H9FN2/c1-3-7(2)12-9-8(10)5-4-6-11-9/h1,4-7H,2H3,(H,11,12). The van der Waals surface area contributed by atoms with E-state index in [4.69, 9.17) is 6.42 Å². The van der Waals surface area contributed by atoms with Gasteiger partial charge in [-0.1, -0.05) is 5.92 Å². The molecular weight excluding hydrogens is 155 g/mol. The molecule has 1 heterocycles. The van der Waals surface area contributed by atoms with Gasteiger partial charge in [0, 0.05) is 6.20 Å². The SMILES string of the molecule is C#CC(C)Nc1ncccc1F. The van der Waals surface area contributed by atoms with E-state index in [-0.39, 0.29) is 17.7 Å². The van der Waals surface area contributed by atoms with Gasteiger partial charge in [-0.05, 0) is 19.1 Å². The molecule has 0 radical (unpaired) electrons. The van der Waals surface area contributed by atoms with Crippen molar-refractivity contribution in [1.82, 2.24) is 4.98 Å². The summed E-state index contributed by atoms with van der Waals surface area (Å²) in [6.45, 7) is 1.76. The van der Waals surface area contributed by atoms with Crippen LogP contribution in [0.1, 0.15) is 6.92 Å². The third kappa shape index (κ3) is 1.96. The van der Waals surface area contributed by atoms with Crippen LogP contribution in [0.15, 0.2) is 18.3 Å². The molecule has 0 amide bonds. The molecule has 0 saturated heterocycles. The zero-order valence-electron chi connectivity index (χ0n) is 6.71. The average Bonchev–Trinajstić information content (AvgIpc) is 2.09. The van der Waals surface area contributed by atoms with Crippen LogP contribution in [-0.4, -0.2) is 11.0 Å². The van der Waals surface area contributed by atoms with E-state index in [2.05, 4.69) is 16.2 Å². The topological polar surface area (TPSA) is 24.9 Å². The summed E-state index contributed by atoms with van der Waals surface area (Å²) in [4.78, 5) is 3.78.